The van der Waals surface area contributed by atoms with Crippen LogP contribution >= 0.6 is 0 Å². The second-order valence-electron chi connectivity index (χ2n) is 3.48. The van der Waals surface area contributed by atoms with Crippen LogP contribution in [-0.2, 0) is 10.8 Å². The highest BCUT2D eigenvalue weighted by Crippen LogP contribution is 2.24. The van der Waals surface area contributed by atoms with E-state index in [0.29, 0.717) is 18.7 Å². The fraction of sp³-hybridized carbons (Fsp3) is 0.400. The number of hydrogen-bond donors (Lipinski definition) is 1. The van der Waals surface area contributed by atoms with Crippen molar-refractivity contribution in [2.45, 2.75) is 6.42 Å². The molecule has 0 spiro atoms. The van der Waals surface area contributed by atoms with Gasteiger partial charge in [0.2, 0.25) is 0 Å². The molecule has 0 aliphatic rings. The predicted octanol–water partition coefficient (Wildman–Crippen LogP) is 1.91. The van der Waals surface area contributed by atoms with Crippen molar-refractivity contribution in [1.82, 2.24) is 0 Å². The smallest absolute Gasteiger partial charge is 0.292 e. The molecule has 1 aromatic carbocycles. The van der Waals surface area contributed by atoms with Gasteiger partial charge in [-0.1, -0.05) is 0 Å². The maximum absolute atomic E-state index is 12.9. The van der Waals surface area contributed by atoms with E-state index >= 15 is 0 Å². The Morgan fingerprint density at radius 1 is 1.53 bits per heavy atom. The largest absolute Gasteiger partial charge is 0.379 e. The van der Waals surface area contributed by atoms with Crippen LogP contribution < -0.4 is 5.32 Å². The van der Waals surface area contributed by atoms with Gasteiger partial charge in [-0.15, -0.1) is 0 Å². The SMILES string of the molecule is C[S@@](=O)CCCNc1cc(F)ccc1[N+](=O)[O-]. The molecule has 0 amide bonds. The molecule has 94 valence electrons. The number of nitrogens with one attached hydrogen (secondary N) is 1. The van der Waals surface area contributed by atoms with E-state index in [9.17, 15) is 18.7 Å². The Morgan fingerprint density at radius 3 is 2.82 bits per heavy atom. The van der Waals surface area contributed by atoms with Crippen molar-refractivity contribution in [1.29, 1.82) is 0 Å². The van der Waals surface area contributed by atoms with Crippen LogP contribution in [0.2, 0.25) is 0 Å². The normalized spacial score (nSPS) is 12.1. The first-order valence-corrected chi connectivity index (χ1v) is 6.71. The summed E-state index contributed by atoms with van der Waals surface area (Å²) in [6.07, 6.45) is 2.20. The molecule has 1 atom stereocenters. The number of hydrogen-bond acceptors (Lipinski definition) is 4. The number of rotatable bonds is 6. The van der Waals surface area contributed by atoms with Crippen molar-refractivity contribution in [3.63, 3.8) is 0 Å². The third-order valence-corrected chi connectivity index (χ3v) is 2.94. The molecule has 0 aromatic heterocycles. The Kier molecular flexibility index (Phi) is 5.02. The summed E-state index contributed by atoms with van der Waals surface area (Å²) >= 11 is 0. The zero-order valence-electron chi connectivity index (χ0n) is 9.31. The van der Waals surface area contributed by atoms with Crippen LogP contribution in [0.3, 0.4) is 0 Å². The predicted molar refractivity (Wildman–Crippen MR) is 65.1 cm³/mol. The number of nitro groups is 1. The topological polar surface area (TPSA) is 72.2 Å². The van der Waals surface area contributed by atoms with Gasteiger partial charge in [-0.2, -0.15) is 0 Å². The third kappa shape index (κ3) is 4.48. The molecule has 0 fully saturated rings. The lowest BCUT2D eigenvalue weighted by Gasteiger charge is -2.06. The zero-order chi connectivity index (χ0) is 12.8. The molecule has 1 rings (SSSR count). The van der Waals surface area contributed by atoms with E-state index in [2.05, 4.69) is 5.32 Å². The number of nitro benzene ring substituents is 1. The Hall–Kier alpha value is -1.50. The Balaban J connectivity index is 2.65. The van der Waals surface area contributed by atoms with Gasteiger partial charge in [-0.25, -0.2) is 4.39 Å². The molecule has 0 saturated carbocycles. The highest BCUT2D eigenvalue weighted by Gasteiger charge is 2.13. The van der Waals surface area contributed by atoms with Gasteiger partial charge in [0.15, 0.2) is 0 Å². The summed E-state index contributed by atoms with van der Waals surface area (Å²) in [6, 6.07) is 3.25. The summed E-state index contributed by atoms with van der Waals surface area (Å²) < 4.78 is 23.7. The standard InChI is InChI=1S/C10H13FN2O3S/c1-17(16)6-2-5-12-9-7-8(11)3-4-10(9)13(14)15/h3-4,7,12H,2,5-6H2,1H3/t17-/m1/s1. The quantitative estimate of drug-likeness (QED) is 0.482. The van der Waals surface area contributed by atoms with E-state index in [-0.39, 0.29) is 11.4 Å². The average Bonchev–Trinajstić information content (AvgIpc) is 2.23. The monoisotopic (exact) mass is 260 g/mol. The van der Waals surface area contributed by atoms with Crippen molar-refractivity contribution < 1.29 is 13.5 Å². The highest BCUT2D eigenvalue weighted by molar-refractivity contribution is 7.84. The first kappa shape index (κ1) is 13.6. The molecular weight excluding hydrogens is 247 g/mol. The molecule has 1 N–H and O–H groups in total. The first-order valence-electron chi connectivity index (χ1n) is 4.98. The summed E-state index contributed by atoms with van der Waals surface area (Å²) in [5.74, 6) is -0.0204. The molecule has 0 bridgehead atoms. The number of halogens is 1. The molecule has 0 saturated heterocycles. The molecule has 17 heavy (non-hydrogen) atoms. The first-order chi connectivity index (χ1) is 8.00. The van der Waals surface area contributed by atoms with E-state index in [4.69, 9.17) is 0 Å². The van der Waals surface area contributed by atoms with Gasteiger partial charge in [0.25, 0.3) is 5.69 Å². The van der Waals surface area contributed by atoms with Crippen molar-refractivity contribution in [3.05, 3.63) is 34.1 Å². The number of nitrogens with zero attached hydrogens (tertiary/aromatic N) is 1. The van der Waals surface area contributed by atoms with Gasteiger partial charge in [-0.05, 0) is 12.5 Å². The molecule has 1 aromatic rings. The minimum atomic E-state index is -0.890. The third-order valence-electron chi connectivity index (χ3n) is 2.08. The van der Waals surface area contributed by atoms with Crippen molar-refractivity contribution in [2.24, 2.45) is 0 Å². The maximum atomic E-state index is 12.9. The number of anilines is 1. The van der Waals surface area contributed by atoms with Crippen LogP contribution in [0.4, 0.5) is 15.8 Å². The minimum Gasteiger partial charge on any atom is -0.379 e. The molecule has 0 radical (unpaired) electrons. The summed E-state index contributed by atoms with van der Waals surface area (Å²) in [5.41, 5.74) is -0.0130. The fourth-order valence-corrected chi connectivity index (χ4v) is 1.86. The highest BCUT2D eigenvalue weighted by atomic mass is 32.2. The molecule has 0 heterocycles. The molecular formula is C10H13FN2O3S. The van der Waals surface area contributed by atoms with Gasteiger partial charge in [0.05, 0.1) is 4.92 Å². The molecule has 0 unspecified atom stereocenters. The lowest BCUT2D eigenvalue weighted by molar-refractivity contribution is -0.384. The average molecular weight is 260 g/mol. The van der Waals surface area contributed by atoms with Gasteiger partial charge in [-0.3, -0.25) is 14.3 Å². The summed E-state index contributed by atoms with van der Waals surface area (Å²) in [6.45, 7) is 0.421. The van der Waals surface area contributed by atoms with E-state index in [1.54, 1.807) is 6.26 Å². The molecule has 5 nitrogen and oxygen atoms in total. The van der Waals surface area contributed by atoms with Crippen LogP contribution in [0.15, 0.2) is 18.2 Å². The fourth-order valence-electron chi connectivity index (χ4n) is 1.31. The van der Waals surface area contributed by atoms with E-state index in [1.165, 1.54) is 0 Å². The zero-order valence-corrected chi connectivity index (χ0v) is 10.1. The molecule has 0 aliphatic carbocycles. The van der Waals surface area contributed by atoms with Crippen molar-refractivity contribution in [3.8, 4) is 0 Å². The van der Waals surface area contributed by atoms with Gasteiger partial charge in [0.1, 0.15) is 11.5 Å². The van der Waals surface area contributed by atoms with E-state index < -0.39 is 21.5 Å². The van der Waals surface area contributed by atoms with E-state index in [0.717, 1.165) is 18.2 Å². The van der Waals surface area contributed by atoms with Crippen LogP contribution in [-0.4, -0.2) is 27.7 Å². The molecule has 0 aliphatic heterocycles. The second kappa shape index (κ2) is 6.29. The van der Waals surface area contributed by atoms with Crippen LogP contribution in [0.5, 0.6) is 0 Å². The minimum absolute atomic E-state index is 0.150. The van der Waals surface area contributed by atoms with Crippen molar-refractivity contribution in [2.75, 3.05) is 23.9 Å². The lowest BCUT2D eigenvalue weighted by Crippen LogP contribution is -2.08. The van der Waals surface area contributed by atoms with Crippen molar-refractivity contribution >= 4 is 22.2 Å². The van der Waals surface area contributed by atoms with Gasteiger partial charge < -0.3 is 5.32 Å². The summed E-state index contributed by atoms with van der Waals surface area (Å²) in [7, 11) is -0.890. The van der Waals surface area contributed by atoms with Gasteiger partial charge >= 0.3 is 0 Å². The van der Waals surface area contributed by atoms with Gasteiger partial charge in [0, 0.05) is 41.5 Å². The lowest BCUT2D eigenvalue weighted by atomic mass is 10.2. The number of benzene rings is 1. The maximum Gasteiger partial charge on any atom is 0.292 e. The summed E-state index contributed by atoms with van der Waals surface area (Å²) in [5, 5.41) is 13.4. The second-order valence-corrected chi connectivity index (χ2v) is 5.03. The Labute approximate surface area is 101 Å². The van der Waals surface area contributed by atoms with Crippen LogP contribution in [0.1, 0.15) is 6.42 Å². The van der Waals surface area contributed by atoms with Crippen LogP contribution in [0.25, 0.3) is 0 Å². The molecule has 7 heteroatoms. The van der Waals surface area contributed by atoms with E-state index in [1.807, 2.05) is 0 Å². The Bertz CT molecular complexity index is 440. The summed E-state index contributed by atoms with van der Waals surface area (Å²) in [4.78, 5) is 10.1. The van der Waals surface area contributed by atoms with Crippen LogP contribution in [0, 0.1) is 15.9 Å². The Morgan fingerprint density at radius 2 is 2.24 bits per heavy atom.